The second kappa shape index (κ2) is 5.50. The Labute approximate surface area is 112 Å². The lowest BCUT2D eigenvalue weighted by molar-refractivity contribution is 0.00784. The summed E-state index contributed by atoms with van der Waals surface area (Å²) in [5.74, 6) is 2.35. The Bertz CT molecular complexity index is 280. The quantitative estimate of drug-likeness (QED) is 0.815. The molecule has 1 saturated heterocycles. The first-order chi connectivity index (χ1) is 8.74. The fraction of sp³-hybridized carbons (Fsp3) is 1.00. The largest absolute Gasteiger partial charge is 0.393 e. The van der Waals surface area contributed by atoms with Crippen molar-refractivity contribution in [2.75, 3.05) is 13.1 Å². The van der Waals surface area contributed by atoms with Gasteiger partial charge in [0.25, 0.3) is 0 Å². The van der Waals surface area contributed by atoms with Crippen LogP contribution in [0.5, 0.6) is 0 Å². The van der Waals surface area contributed by atoms with Crippen molar-refractivity contribution in [2.24, 2.45) is 17.8 Å². The van der Waals surface area contributed by atoms with E-state index in [9.17, 15) is 5.11 Å². The van der Waals surface area contributed by atoms with E-state index in [1.165, 1.54) is 58.0 Å². The fourth-order valence-corrected chi connectivity index (χ4v) is 4.76. The minimum atomic E-state index is -0.0250. The van der Waals surface area contributed by atoms with E-state index in [0.29, 0.717) is 5.92 Å². The van der Waals surface area contributed by atoms with Crippen molar-refractivity contribution in [1.82, 2.24) is 4.90 Å². The summed E-state index contributed by atoms with van der Waals surface area (Å²) in [5, 5.41) is 10.2. The van der Waals surface area contributed by atoms with E-state index in [-0.39, 0.29) is 6.10 Å². The summed E-state index contributed by atoms with van der Waals surface area (Å²) in [7, 11) is 0. The molecule has 0 radical (unpaired) electrons. The first-order valence-electron chi connectivity index (χ1n) is 8.16. The Morgan fingerprint density at radius 1 is 1.06 bits per heavy atom. The molecule has 0 aromatic rings. The third-order valence-electron chi connectivity index (χ3n) is 5.78. The molecule has 18 heavy (non-hydrogen) atoms. The standard InChI is InChI=1S/C16H29NO/c1-12-7-8-16(18)14(10-12)11-17-9-3-5-13-4-2-6-15(13)17/h12-16,18H,2-11H2,1H3. The van der Waals surface area contributed by atoms with Crippen molar-refractivity contribution < 1.29 is 5.11 Å². The third-order valence-corrected chi connectivity index (χ3v) is 5.78. The summed E-state index contributed by atoms with van der Waals surface area (Å²) < 4.78 is 0. The monoisotopic (exact) mass is 251 g/mol. The normalized spacial score (nSPS) is 46.0. The van der Waals surface area contributed by atoms with Crippen molar-refractivity contribution in [3.8, 4) is 0 Å². The average molecular weight is 251 g/mol. The maximum absolute atomic E-state index is 10.2. The number of likely N-dealkylation sites (tertiary alicyclic amines) is 1. The highest BCUT2D eigenvalue weighted by molar-refractivity contribution is 4.91. The molecule has 2 aliphatic carbocycles. The molecule has 5 unspecified atom stereocenters. The summed E-state index contributed by atoms with van der Waals surface area (Å²) in [5.41, 5.74) is 0. The van der Waals surface area contributed by atoms with Gasteiger partial charge < -0.3 is 5.11 Å². The second-order valence-corrected chi connectivity index (χ2v) is 7.14. The molecular weight excluding hydrogens is 222 g/mol. The van der Waals surface area contributed by atoms with Gasteiger partial charge in [-0.05, 0) is 69.2 Å². The molecule has 0 bridgehead atoms. The predicted molar refractivity (Wildman–Crippen MR) is 74.4 cm³/mol. The molecule has 0 amide bonds. The first kappa shape index (κ1) is 12.9. The van der Waals surface area contributed by atoms with Gasteiger partial charge in [0.15, 0.2) is 0 Å². The number of hydrogen-bond acceptors (Lipinski definition) is 2. The van der Waals surface area contributed by atoms with E-state index in [0.717, 1.165) is 24.3 Å². The molecule has 2 saturated carbocycles. The zero-order valence-corrected chi connectivity index (χ0v) is 11.9. The van der Waals surface area contributed by atoms with Crippen molar-refractivity contribution in [3.05, 3.63) is 0 Å². The van der Waals surface area contributed by atoms with Crippen LogP contribution in [0, 0.1) is 17.8 Å². The van der Waals surface area contributed by atoms with Gasteiger partial charge in [0, 0.05) is 12.6 Å². The minimum Gasteiger partial charge on any atom is -0.393 e. The van der Waals surface area contributed by atoms with Gasteiger partial charge in [-0.1, -0.05) is 13.3 Å². The Balaban J connectivity index is 1.60. The minimum absolute atomic E-state index is 0.0250. The van der Waals surface area contributed by atoms with Crippen LogP contribution in [0.3, 0.4) is 0 Å². The molecular formula is C16H29NO. The summed E-state index contributed by atoms with van der Waals surface area (Å²) in [4.78, 5) is 2.74. The molecule has 5 atom stereocenters. The molecule has 104 valence electrons. The van der Waals surface area contributed by atoms with Crippen molar-refractivity contribution >= 4 is 0 Å². The number of aliphatic hydroxyl groups is 1. The zero-order chi connectivity index (χ0) is 12.5. The van der Waals surface area contributed by atoms with Crippen LogP contribution in [0.1, 0.15) is 58.3 Å². The van der Waals surface area contributed by atoms with Gasteiger partial charge in [-0.3, -0.25) is 4.90 Å². The molecule has 3 fully saturated rings. The van der Waals surface area contributed by atoms with Crippen molar-refractivity contribution in [3.63, 3.8) is 0 Å². The highest BCUT2D eigenvalue weighted by atomic mass is 16.3. The molecule has 0 spiro atoms. The van der Waals surface area contributed by atoms with Crippen LogP contribution in [0.4, 0.5) is 0 Å². The number of hydrogen-bond donors (Lipinski definition) is 1. The highest BCUT2D eigenvalue weighted by Gasteiger charge is 2.37. The SMILES string of the molecule is CC1CCC(O)C(CN2CCCC3CCCC32)C1. The summed E-state index contributed by atoms with van der Waals surface area (Å²) >= 11 is 0. The maximum atomic E-state index is 10.2. The Kier molecular flexibility index (Phi) is 3.95. The van der Waals surface area contributed by atoms with E-state index in [4.69, 9.17) is 0 Å². The lowest BCUT2D eigenvalue weighted by Gasteiger charge is -2.42. The summed E-state index contributed by atoms with van der Waals surface area (Å²) in [6, 6.07) is 0.864. The van der Waals surface area contributed by atoms with Crippen LogP contribution >= 0.6 is 0 Å². The van der Waals surface area contributed by atoms with Crippen LogP contribution in [-0.2, 0) is 0 Å². The number of rotatable bonds is 2. The lowest BCUT2D eigenvalue weighted by atomic mass is 9.79. The Morgan fingerprint density at radius 3 is 2.78 bits per heavy atom. The first-order valence-corrected chi connectivity index (χ1v) is 8.16. The van der Waals surface area contributed by atoms with Crippen LogP contribution in [0.15, 0.2) is 0 Å². The maximum Gasteiger partial charge on any atom is 0.0580 e. The molecule has 3 aliphatic rings. The molecule has 2 heteroatoms. The lowest BCUT2D eigenvalue weighted by Crippen LogP contribution is -2.47. The van der Waals surface area contributed by atoms with E-state index in [1.807, 2.05) is 0 Å². The molecule has 0 aromatic carbocycles. The number of aliphatic hydroxyl groups excluding tert-OH is 1. The zero-order valence-electron chi connectivity index (χ0n) is 11.9. The van der Waals surface area contributed by atoms with Crippen molar-refractivity contribution in [1.29, 1.82) is 0 Å². The molecule has 0 aromatic heterocycles. The van der Waals surface area contributed by atoms with Gasteiger partial charge in [0.1, 0.15) is 0 Å². The van der Waals surface area contributed by atoms with Gasteiger partial charge in [-0.15, -0.1) is 0 Å². The summed E-state index contributed by atoms with van der Waals surface area (Å²) in [6.07, 6.45) is 10.7. The predicted octanol–water partition coefficient (Wildman–Crippen LogP) is 3.05. The van der Waals surface area contributed by atoms with Gasteiger partial charge in [-0.2, -0.15) is 0 Å². The molecule has 1 aliphatic heterocycles. The average Bonchev–Trinajstić information content (AvgIpc) is 2.83. The van der Waals surface area contributed by atoms with Crippen molar-refractivity contribution in [2.45, 2.75) is 70.4 Å². The van der Waals surface area contributed by atoms with Gasteiger partial charge in [-0.25, -0.2) is 0 Å². The van der Waals surface area contributed by atoms with E-state index in [1.54, 1.807) is 0 Å². The van der Waals surface area contributed by atoms with Gasteiger partial charge in [0.2, 0.25) is 0 Å². The third kappa shape index (κ3) is 2.60. The van der Waals surface area contributed by atoms with Crippen LogP contribution in [-0.4, -0.2) is 35.2 Å². The summed E-state index contributed by atoms with van der Waals surface area (Å²) in [6.45, 7) is 4.82. The number of piperidine rings is 1. The molecule has 3 rings (SSSR count). The molecule has 1 heterocycles. The van der Waals surface area contributed by atoms with Gasteiger partial charge >= 0.3 is 0 Å². The Hall–Kier alpha value is -0.0800. The van der Waals surface area contributed by atoms with E-state index < -0.39 is 0 Å². The smallest absolute Gasteiger partial charge is 0.0580 e. The van der Waals surface area contributed by atoms with Gasteiger partial charge in [0.05, 0.1) is 6.10 Å². The van der Waals surface area contributed by atoms with E-state index in [2.05, 4.69) is 11.8 Å². The number of fused-ring (bicyclic) bond motifs is 1. The van der Waals surface area contributed by atoms with Crippen LogP contribution in [0.25, 0.3) is 0 Å². The Morgan fingerprint density at radius 2 is 1.89 bits per heavy atom. The van der Waals surface area contributed by atoms with Crippen LogP contribution in [0.2, 0.25) is 0 Å². The van der Waals surface area contributed by atoms with Crippen LogP contribution < -0.4 is 0 Å². The van der Waals surface area contributed by atoms with E-state index >= 15 is 0 Å². The molecule has 1 N–H and O–H groups in total. The molecule has 2 nitrogen and oxygen atoms in total. The second-order valence-electron chi connectivity index (χ2n) is 7.14. The highest BCUT2D eigenvalue weighted by Crippen LogP contribution is 2.38. The topological polar surface area (TPSA) is 23.5 Å². The fourth-order valence-electron chi connectivity index (χ4n) is 4.76. The number of nitrogens with zero attached hydrogens (tertiary/aromatic N) is 1.